The van der Waals surface area contributed by atoms with Gasteiger partial charge in [0, 0.05) is 10.7 Å². The van der Waals surface area contributed by atoms with Gasteiger partial charge >= 0.3 is 0 Å². The number of nitrogens with one attached hydrogen (secondary N) is 2. The van der Waals surface area contributed by atoms with Gasteiger partial charge in [0.05, 0.1) is 16.5 Å². The fourth-order valence-corrected chi connectivity index (χ4v) is 4.82. The third-order valence-corrected chi connectivity index (χ3v) is 7.02. The van der Waals surface area contributed by atoms with Crippen LogP contribution in [0.2, 0.25) is 10.0 Å². The van der Waals surface area contributed by atoms with Gasteiger partial charge in [0.2, 0.25) is 15.9 Å². The second-order valence-corrected chi connectivity index (χ2v) is 9.87. The number of carbonyl (C=O) groups is 1. The summed E-state index contributed by atoms with van der Waals surface area (Å²) in [5.74, 6) is -0.132. The Bertz CT molecular complexity index is 1230. The van der Waals surface area contributed by atoms with E-state index in [9.17, 15) is 13.2 Å². The third kappa shape index (κ3) is 6.71. The van der Waals surface area contributed by atoms with Crippen LogP contribution in [0.3, 0.4) is 0 Å². The van der Waals surface area contributed by atoms with Crippen LogP contribution in [0.15, 0.2) is 71.6 Å². The van der Waals surface area contributed by atoms with Crippen LogP contribution in [0.1, 0.15) is 18.1 Å². The van der Waals surface area contributed by atoms with E-state index in [0.29, 0.717) is 23.1 Å². The Hall–Kier alpha value is -2.58. The predicted molar refractivity (Wildman–Crippen MR) is 132 cm³/mol. The molecule has 3 aromatic rings. The van der Waals surface area contributed by atoms with Crippen molar-refractivity contribution < 1.29 is 17.9 Å². The minimum atomic E-state index is -4.06. The van der Waals surface area contributed by atoms with E-state index in [1.807, 2.05) is 37.3 Å². The second-order valence-electron chi connectivity index (χ2n) is 7.34. The third-order valence-electron chi connectivity index (χ3n) is 4.85. The maximum absolute atomic E-state index is 13.1. The van der Waals surface area contributed by atoms with Crippen LogP contribution in [0.4, 0.5) is 5.69 Å². The lowest BCUT2D eigenvalue weighted by Gasteiger charge is -2.19. The number of benzene rings is 3. The maximum atomic E-state index is 13.1. The standard InChI is InChI=1S/C24H24Cl2N2O4S/c1-3-32-23-12-11-19(15-21(23)26)33(30,31)28-22(13-17-7-5-4-6-8-17)24(29)27-18-10-9-16(2)20(25)14-18/h4-12,14-15,22,28H,3,13H2,1-2H3,(H,27,29)/t22-/m0/s1. The Morgan fingerprint density at radius 3 is 2.36 bits per heavy atom. The fraction of sp³-hybridized carbons (Fsp3) is 0.208. The van der Waals surface area contributed by atoms with Crippen molar-refractivity contribution in [2.75, 3.05) is 11.9 Å². The lowest BCUT2D eigenvalue weighted by atomic mass is 10.1. The highest BCUT2D eigenvalue weighted by Gasteiger charge is 2.27. The van der Waals surface area contributed by atoms with Crippen molar-refractivity contribution in [3.05, 3.63) is 87.9 Å². The summed E-state index contributed by atoms with van der Waals surface area (Å²) in [6.07, 6.45) is 0.149. The van der Waals surface area contributed by atoms with E-state index in [0.717, 1.165) is 11.1 Å². The molecule has 9 heteroatoms. The Balaban J connectivity index is 1.87. The first-order chi connectivity index (χ1) is 15.7. The number of hydrogen-bond acceptors (Lipinski definition) is 4. The summed E-state index contributed by atoms with van der Waals surface area (Å²) >= 11 is 12.3. The molecule has 0 fully saturated rings. The van der Waals surface area contributed by atoms with E-state index >= 15 is 0 Å². The molecule has 0 spiro atoms. The number of ether oxygens (including phenoxy) is 1. The summed E-state index contributed by atoms with van der Waals surface area (Å²) in [6, 6.07) is 17.3. The molecule has 3 rings (SSSR count). The Labute approximate surface area is 203 Å². The van der Waals surface area contributed by atoms with Crippen LogP contribution in [0, 0.1) is 6.92 Å². The molecule has 1 amide bonds. The first kappa shape index (κ1) is 25.1. The average Bonchev–Trinajstić information content (AvgIpc) is 2.78. The van der Waals surface area contributed by atoms with E-state index < -0.39 is 22.0 Å². The van der Waals surface area contributed by atoms with E-state index in [2.05, 4.69) is 10.0 Å². The molecule has 0 aliphatic rings. The molecule has 33 heavy (non-hydrogen) atoms. The number of aryl methyl sites for hydroxylation is 1. The van der Waals surface area contributed by atoms with Crippen molar-refractivity contribution in [1.29, 1.82) is 0 Å². The summed E-state index contributed by atoms with van der Waals surface area (Å²) in [7, 11) is -4.06. The van der Waals surface area contributed by atoms with Gasteiger partial charge in [-0.15, -0.1) is 0 Å². The smallest absolute Gasteiger partial charge is 0.242 e. The molecule has 0 unspecified atom stereocenters. The molecule has 174 valence electrons. The molecule has 1 atom stereocenters. The summed E-state index contributed by atoms with van der Waals surface area (Å²) in [5, 5.41) is 3.41. The normalized spacial score (nSPS) is 12.2. The molecule has 0 bridgehead atoms. The highest BCUT2D eigenvalue weighted by molar-refractivity contribution is 7.89. The number of anilines is 1. The van der Waals surface area contributed by atoms with E-state index in [1.165, 1.54) is 18.2 Å². The van der Waals surface area contributed by atoms with Gasteiger partial charge in [-0.2, -0.15) is 4.72 Å². The zero-order valence-corrected chi connectivity index (χ0v) is 20.5. The maximum Gasteiger partial charge on any atom is 0.242 e. The van der Waals surface area contributed by atoms with E-state index in [4.69, 9.17) is 27.9 Å². The molecule has 0 saturated carbocycles. The minimum absolute atomic E-state index is 0.0693. The Morgan fingerprint density at radius 2 is 1.73 bits per heavy atom. The van der Waals surface area contributed by atoms with Crippen LogP contribution in [-0.4, -0.2) is 27.0 Å². The van der Waals surface area contributed by atoms with Gasteiger partial charge < -0.3 is 10.1 Å². The monoisotopic (exact) mass is 506 g/mol. The Morgan fingerprint density at radius 1 is 1.00 bits per heavy atom. The average molecular weight is 507 g/mol. The summed E-state index contributed by atoms with van der Waals surface area (Å²) in [5.41, 5.74) is 2.13. The van der Waals surface area contributed by atoms with Crippen molar-refractivity contribution in [3.63, 3.8) is 0 Å². The molecule has 0 radical (unpaired) electrons. The largest absolute Gasteiger partial charge is 0.492 e. The van der Waals surface area contributed by atoms with Crippen LogP contribution in [0.5, 0.6) is 5.75 Å². The van der Waals surface area contributed by atoms with Crippen LogP contribution < -0.4 is 14.8 Å². The number of carbonyl (C=O) groups excluding carboxylic acids is 1. The highest BCUT2D eigenvalue weighted by atomic mass is 35.5. The lowest BCUT2D eigenvalue weighted by molar-refractivity contribution is -0.117. The van der Waals surface area contributed by atoms with Gasteiger partial charge in [-0.1, -0.05) is 59.6 Å². The summed E-state index contributed by atoms with van der Waals surface area (Å²) in [4.78, 5) is 13.0. The molecule has 2 N–H and O–H groups in total. The fourth-order valence-electron chi connectivity index (χ4n) is 3.11. The molecule has 0 saturated heterocycles. The van der Waals surface area contributed by atoms with Crippen molar-refractivity contribution in [3.8, 4) is 5.75 Å². The first-order valence-electron chi connectivity index (χ1n) is 10.2. The van der Waals surface area contributed by atoms with Crippen molar-refractivity contribution in [2.45, 2.75) is 31.2 Å². The molecule has 0 aliphatic heterocycles. The summed E-state index contributed by atoms with van der Waals surface area (Å²) in [6.45, 7) is 4.05. The van der Waals surface area contributed by atoms with E-state index in [1.54, 1.807) is 25.1 Å². The van der Waals surface area contributed by atoms with Gasteiger partial charge in [0.1, 0.15) is 11.8 Å². The number of sulfonamides is 1. The van der Waals surface area contributed by atoms with E-state index in [-0.39, 0.29) is 16.3 Å². The number of halogens is 2. The minimum Gasteiger partial charge on any atom is -0.492 e. The second kappa shape index (κ2) is 11.0. The molecule has 6 nitrogen and oxygen atoms in total. The molecule has 0 aliphatic carbocycles. The van der Waals surface area contributed by atoms with Gasteiger partial charge in [-0.25, -0.2) is 8.42 Å². The van der Waals surface area contributed by atoms with Gasteiger partial charge in [0.15, 0.2) is 0 Å². The predicted octanol–water partition coefficient (Wildman–Crippen LogP) is 5.23. The van der Waals surface area contributed by atoms with Crippen LogP contribution >= 0.6 is 23.2 Å². The lowest BCUT2D eigenvalue weighted by Crippen LogP contribution is -2.45. The topological polar surface area (TPSA) is 84.5 Å². The quantitative estimate of drug-likeness (QED) is 0.416. The molecule has 0 heterocycles. The number of rotatable bonds is 9. The number of amides is 1. The SMILES string of the molecule is CCOc1ccc(S(=O)(=O)N[C@@H](Cc2ccccc2)C(=O)Nc2ccc(C)c(Cl)c2)cc1Cl. The zero-order chi connectivity index (χ0) is 24.0. The summed E-state index contributed by atoms with van der Waals surface area (Å²) < 4.78 is 34.1. The van der Waals surface area contributed by atoms with Crippen LogP contribution in [0.25, 0.3) is 0 Å². The van der Waals surface area contributed by atoms with Gasteiger partial charge in [0.25, 0.3) is 0 Å². The molecular formula is C24H24Cl2N2O4S. The van der Waals surface area contributed by atoms with Crippen LogP contribution in [-0.2, 0) is 21.2 Å². The van der Waals surface area contributed by atoms with Crippen molar-refractivity contribution in [2.24, 2.45) is 0 Å². The van der Waals surface area contributed by atoms with Gasteiger partial charge in [-0.05, 0) is 61.7 Å². The van der Waals surface area contributed by atoms with Crippen molar-refractivity contribution in [1.82, 2.24) is 4.72 Å². The highest BCUT2D eigenvalue weighted by Crippen LogP contribution is 2.27. The Kier molecular flexibility index (Phi) is 8.37. The molecule has 0 aromatic heterocycles. The van der Waals surface area contributed by atoms with Crippen molar-refractivity contribution >= 4 is 44.8 Å². The molecular weight excluding hydrogens is 483 g/mol. The van der Waals surface area contributed by atoms with Gasteiger partial charge in [-0.3, -0.25) is 4.79 Å². The molecule has 3 aromatic carbocycles. The zero-order valence-electron chi connectivity index (χ0n) is 18.1. The number of hydrogen-bond donors (Lipinski definition) is 2. The first-order valence-corrected chi connectivity index (χ1v) is 12.5.